The van der Waals surface area contributed by atoms with Crippen molar-refractivity contribution in [3.8, 4) is 5.75 Å². The molecule has 27 heavy (non-hydrogen) atoms. The molecule has 0 amide bonds. The van der Waals surface area contributed by atoms with E-state index in [1.54, 1.807) is 6.21 Å². The van der Waals surface area contributed by atoms with Gasteiger partial charge in [-0.15, -0.1) is 0 Å². The van der Waals surface area contributed by atoms with Crippen molar-refractivity contribution < 1.29 is 4.74 Å². The minimum atomic E-state index is 0.358. The van der Waals surface area contributed by atoms with Crippen LogP contribution in [0.5, 0.6) is 5.75 Å². The Bertz CT molecular complexity index is 1010. The van der Waals surface area contributed by atoms with Gasteiger partial charge in [-0.25, -0.2) is 0 Å². The van der Waals surface area contributed by atoms with Gasteiger partial charge in [-0.1, -0.05) is 63.4 Å². The van der Waals surface area contributed by atoms with Crippen LogP contribution in [0.15, 0.2) is 68.5 Å². The zero-order chi connectivity index (χ0) is 19.4. The second kappa shape index (κ2) is 9.24. The van der Waals surface area contributed by atoms with E-state index >= 15 is 0 Å². The van der Waals surface area contributed by atoms with Crippen LogP contribution in [0.4, 0.5) is 5.69 Å². The number of ether oxygens (including phenoxy) is 1. The molecule has 3 rings (SSSR count). The summed E-state index contributed by atoms with van der Waals surface area (Å²) in [5, 5.41) is 1.37. The average molecular weight is 528 g/mol. The van der Waals surface area contributed by atoms with E-state index in [1.807, 2.05) is 61.5 Å². The first-order valence-electron chi connectivity index (χ1n) is 8.10. The lowest BCUT2D eigenvalue weighted by molar-refractivity contribution is 0.304. The van der Waals surface area contributed by atoms with Gasteiger partial charge < -0.3 is 4.74 Å². The Morgan fingerprint density at radius 2 is 1.74 bits per heavy atom. The highest BCUT2D eigenvalue weighted by Gasteiger charge is 2.11. The molecule has 0 bridgehead atoms. The summed E-state index contributed by atoms with van der Waals surface area (Å²) in [5.41, 5.74) is 3.50. The molecule has 0 heterocycles. The van der Waals surface area contributed by atoms with E-state index in [1.165, 1.54) is 0 Å². The summed E-state index contributed by atoms with van der Waals surface area (Å²) >= 11 is 19.5. The Morgan fingerprint density at radius 1 is 1.00 bits per heavy atom. The highest BCUT2D eigenvalue weighted by Crippen LogP contribution is 2.34. The van der Waals surface area contributed by atoms with Crippen molar-refractivity contribution in [2.45, 2.75) is 13.5 Å². The Kier molecular flexibility index (Phi) is 6.99. The van der Waals surface area contributed by atoms with Gasteiger partial charge in [0.05, 0.1) is 10.2 Å². The molecular weight excluding hydrogens is 513 g/mol. The smallest absolute Gasteiger partial charge is 0.142 e. The molecule has 3 aromatic rings. The quantitative estimate of drug-likeness (QED) is 0.307. The maximum Gasteiger partial charge on any atom is 0.142 e. The molecule has 3 aromatic carbocycles. The summed E-state index contributed by atoms with van der Waals surface area (Å²) in [7, 11) is 0. The van der Waals surface area contributed by atoms with E-state index in [2.05, 4.69) is 36.9 Å². The molecule has 0 saturated carbocycles. The summed E-state index contributed by atoms with van der Waals surface area (Å²) in [6.45, 7) is 2.30. The zero-order valence-corrected chi connectivity index (χ0v) is 19.0. The molecule has 2 nitrogen and oxygen atoms in total. The molecule has 0 aliphatic rings. The standard InChI is InChI=1S/C21H15Br2Cl2NO/c1-13-18(24)7-4-8-20(13)26-11-15-9-16(22)10-17(23)21(15)27-12-14-5-2-3-6-19(14)25/h2-11H,12H2,1H3. The zero-order valence-electron chi connectivity index (χ0n) is 14.3. The minimum absolute atomic E-state index is 0.358. The Labute approximate surface area is 185 Å². The highest BCUT2D eigenvalue weighted by atomic mass is 79.9. The van der Waals surface area contributed by atoms with Gasteiger partial charge in [0.15, 0.2) is 0 Å². The fourth-order valence-electron chi connectivity index (χ4n) is 2.47. The van der Waals surface area contributed by atoms with Gasteiger partial charge >= 0.3 is 0 Å². The molecule has 0 unspecified atom stereocenters. The largest absolute Gasteiger partial charge is 0.487 e. The monoisotopic (exact) mass is 525 g/mol. The third-order valence-corrected chi connectivity index (χ3v) is 5.77. The lowest BCUT2D eigenvalue weighted by atomic mass is 10.2. The molecule has 6 heteroatoms. The number of benzene rings is 3. The van der Waals surface area contributed by atoms with Gasteiger partial charge in [0.2, 0.25) is 0 Å². The van der Waals surface area contributed by atoms with Crippen molar-refractivity contribution in [3.05, 3.63) is 90.3 Å². The summed E-state index contributed by atoms with van der Waals surface area (Å²) < 4.78 is 7.81. The minimum Gasteiger partial charge on any atom is -0.487 e. The fourth-order valence-corrected chi connectivity index (χ4v) is 4.20. The highest BCUT2D eigenvalue weighted by molar-refractivity contribution is 9.11. The summed E-state index contributed by atoms with van der Waals surface area (Å²) in [5.74, 6) is 0.696. The van der Waals surface area contributed by atoms with Gasteiger partial charge in [-0.3, -0.25) is 4.99 Å². The van der Waals surface area contributed by atoms with E-state index in [4.69, 9.17) is 27.9 Å². The van der Waals surface area contributed by atoms with Gasteiger partial charge in [0, 0.05) is 31.9 Å². The van der Waals surface area contributed by atoms with Crippen molar-refractivity contribution in [3.63, 3.8) is 0 Å². The van der Waals surface area contributed by atoms with Crippen LogP contribution in [0.3, 0.4) is 0 Å². The van der Waals surface area contributed by atoms with Gasteiger partial charge in [-0.05, 0) is 58.7 Å². The number of aliphatic imine (C=N–C) groups is 1. The molecule has 0 saturated heterocycles. The molecule has 0 N–H and O–H groups in total. The van der Waals surface area contributed by atoms with Crippen LogP contribution in [0.25, 0.3) is 0 Å². The van der Waals surface area contributed by atoms with E-state index < -0.39 is 0 Å². The van der Waals surface area contributed by atoms with Crippen LogP contribution >= 0.6 is 55.1 Å². The Morgan fingerprint density at radius 3 is 2.52 bits per heavy atom. The second-order valence-corrected chi connectivity index (χ2v) is 8.41. The van der Waals surface area contributed by atoms with Crippen molar-refractivity contribution >= 4 is 67.0 Å². The van der Waals surface area contributed by atoms with E-state index in [0.29, 0.717) is 22.4 Å². The predicted molar refractivity (Wildman–Crippen MR) is 121 cm³/mol. The first-order valence-corrected chi connectivity index (χ1v) is 10.4. The normalized spacial score (nSPS) is 11.1. The van der Waals surface area contributed by atoms with Crippen molar-refractivity contribution in [2.75, 3.05) is 0 Å². The Balaban J connectivity index is 1.92. The summed E-state index contributed by atoms with van der Waals surface area (Å²) in [6, 6.07) is 17.2. The van der Waals surface area contributed by atoms with Crippen molar-refractivity contribution in [1.29, 1.82) is 0 Å². The van der Waals surface area contributed by atoms with Crippen LogP contribution in [-0.2, 0) is 6.61 Å². The Hall–Kier alpha value is -1.33. The first kappa shape index (κ1) is 20.4. The molecule has 0 fully saturated rings. The maximum atomic E-state index is 6.23. The first-order chi connectivity index (χ1) is 13.0. The number of hydrogen-bond acceptors (Lipinski definition) is 2. The number of hydrogen-bond donors (Lipinski definition) is 0. The van der Waals surface area contributed by atoms with Crippen LogP contribution in [0, 0.1) is 6.92 Å². The molecule has 0 radical (unpaired) electrons. The predicted octanol–water partition coefficient (Wildman–Crippen LogP) is 8.16. The second-order valence-electron chi connectivity index (χ2n) is 5.83. The SMILES string of the molecule is Cc1c(Cl)cccc1N=Cc1cc(Br)cc(Br)c1OCc1ccccc1Cl. The summed E-state index contributed by atoms with van der Waals surface area (Å²) in [4.78, 5) is 4.60. The van der Waals surface area contributed by atoms with E-state index in [-0.39, 0.29) is 0 Å². The number of nitrogens with zero attached hydrogens (tertiary/aromatic N) is 1. The molecule has 138 valence electrons. The van der Waals surface area contributed by atoms with Gasteiger partial charge in [0.1, 0.15) is 12.4 Å². The summed E-state index contributed by atoms with van der Waals surface area (Å²) in [6.07, 6.45) is 1.77. The van der Waals surface area contributed by atoms with Crippen LogP contribution in [0.1, 0.15) is 16.7 Å². The average Bonchev–Trinajstić information content (AvgIpc) is 2.63. The number of rotatable bonds is 5. The van der Waals surface area contributed by atoms with Crippen LogP contribution < -0.4 is 4.74 Å². The van der Waals surface area contributed by atoms with E-state index in [9.17, 15) is 0 Å². The molecule has 0 atom stereocenters. The molecule has 0 aromatic heterocycles. The van der Waals surface area contributed by atoms with Crippen LogP contribution in [0.2, 0.25) is 10.0 Å². The maximum absolute atomic E-state index is 6.23. The molecule has 0 aliphatic carbocycles. The van der Waals surface area contributed by atoms with Gasteiger partial charge in [0.25, 0.3) is 0 Å². The lowest BCUT2D eigenvalue weighted by Gasteiger charge is -2.13. The van der Waals surface area contributed by atoms with Crippen molar-refractivity contribution in [1.82, 2.24) is 0 Å². The molecular formula is C21H15Br2Cl2NO. The van der Waals surface area contributed by atoms with E-state index in [0.717, 1.165) is 31.3 Å². The molecule has 0 spiro atoms. The van der Waals surface area contributed by atoms with Crippen LogP contribution in [-0.4, -0.2) is 6.21 Å². The third kappa shape index (κ3) is 5.14. The number of halogens is 4. The topological polar surface area (TPSA) is 21.6 Å². The molecule has 0 aliphatic heterocycles. The van der Waals surface area contributed by atoms with Gasteiger partial charge in [-0.2, -0.15) is 0 Å². The fraction of sp³-hybridized carbons (Fsp3) is 0.0952. The third-order valence-electron chi connectivity index (χ3n) is 3.95. The van der Waals surface area contributed by atoms with Crippen molar-refractivity contribution in [2.24, 2.45) is 4.99 Å². The lowest BCUT2D eigenvalue weighted by Crippen LogP contribution is -2.00.